The lowest BCUT2D eigenvalue weighted by atomic mass is 9.71. The van der Waals surface area contributed by atoms with Gasteiger partial charge in [-0.3, -0.25) is 19.7 Å². The highest BCUT2D eigenvalue weighted by Crippen LogP contribution is 2.40. The van der Waals surface area contributed by atoms with E-state index in [1.54, 1.807) is 0 Å². The van der Waals surface area contributed by atoms with Crippen LogP contribution < -0.4 is 0 Å². The van der Waals surface area contributed by atoms with E-state index < -0.39 is 10.8 Å². The molecule has 1 fully saturated rings. The normalized spacial score (nSPS) is 26.0. The minimum absolute atomic E-state index is 0.0377. The van der Waals surface area contributed by atoms with Crippen LogP contribution in [-0.2, 0) is 9.59 Å². The van der Waals surface area contributed by atoms with Gasteiger partial charge in [0.05, 0.1) is 4.92 Å². The predicted octanol–water partition coefficient (Wildman–Crippen LogP) is 3.86. The predicted molar refractivity (Wildman–Crippen MR) is 89.2 cm³/mol. The van der Waals surface area contributed by atoms with Crippen LogP contribution in [0.25, 0.3) is 0 Å². The summed E-state index contributed by atoms with van der Waals surface area (Å²) in [6.45, 7) is 3.73. The SMILES string of the molecule is CC1CC(=O)C(c2c(Br)cc([N+](=O)[O-])cc2I)C(=O)C1C. The molecular formula is C14H13BrINO4. The highest BCUT2D eigenvalue weighted by atomic mass is 127. The van der Waals surface area contributed by atoms with Crippen LogP contribution in [0, 0.1) is 25.5 Å². The molecule has 0 aromatic heterocycles. The van der Waals surface area contributed by atoms with E-state index in [0.717, 1.165) is 0 Å². The van der Waals surface area contributed by atoms with Crippen molar-refractivity contribution in [2.45, 2.75) is 26.2 Å². The quantitative estimate of drug-likeness (QED) is 0.287. The average Bonchev–Trinajstić information content (AvgIpc) is 2.38. The molecule has 0 radical (unpaired) electrons. The summed E-state index contributed by atoms with van der Waals surface area (Å²) >= 11 is 5.22. The van der Waals surface area contributed by atoms with Crippen molar-refractivity contribution in [3.63, 3.8) is 0 Å². The van der Waals surface area contributed by atoms with Crippen molar-refractivity contribution in [3.05, 3.63) is 35.9 Å². The lowest BCUT2D eigenvalue weighted by Gasteiger charge is -2.30. The summed E-state index contributed by atoms with van der Waals surface area (Å²) in [5, 5.41) is 10.9. The van der Waals surface area contributed by atoms with Crippen LogP contribution >= 0.6 is 38.5 Å². The number of benzene rings is 1. The van der Waals surface area contributed by atoms with Gasteiger partial charge in [0.2, 0.25) is 0 Å². The molecule has 3 atom stereocenters. The maximum atomic E-state index is 12.5. The smallest absolute Gasteiger partial charge is 0.271 e. The number of halogens is 2. The summed E-state index contributed by atoms with van der Waals surface area (Å²) in [4.78, 5) is 35.2. The zero-order chi connectivity index (χ0) is 15.9. The van der Waals surface area contributed by atoms with Crippen molar-refractivity contribution >= 4 is 55.8 Å². The molecule has 7 heteroatoms. The Morgan fingerprint density at radius 1 is 1.33 bits per heavy atom. The minimum Gasteiger partial charge on any atom is -0.299 e. The third kappa shape index (κ3) is 3.03. The van der Waals surface area contributed by atoms with Gasteiger partial charge in [0.25, 0.3) is 5.69 Å². The number of Topliss-reactive ketones (excluding diaryl/α,β-unsaturated/α-hetero) is 2. The van der Waals surface area contributed by atoms with Gasteiger partial charge in [0.15, 0.2) is 5.78 Å². The standard InChI is InChI=1S/C14H13BrINO4/c1-6-3-11(18)13(14(19)7(6)2)12-9(15)4-8(17(20)21)5-10(12)16/h4-7,13H,3H2,1-2H3. The number of hydrogen-bond donors (Lipinski definition) is 0. The second kappa shape index (κ2) is 6.12. The number of nitro groups is 1. The zero-order valence-corrected chi connectivity index (χ0v) is 15.2. The monoisotopic (exact) mass is 465 g/mol. The summed E-state index contributed by atoms with van der Waals surface area (Å²) in [6.07, 6.45) is 0.358. The molecule has 1 aliphatic rings. The van der Waals surface area contributed by atoms with Gasteiger partial charge >= 0.3 is 0 Å². The van der Waals surface area contributed by atoms with Crippen LogP contribution in [0.2, 0.25) is 0 Å². The highest BCUT2D eigenvalue weighted by Gasteiger charge is 2.41. The van der Waals surface area contributed by atoms with Crippen LogP contribution in [-0.4, -0.2) is 16.5 Å². The first-order valence-electron chi connectivity index (χ1n) is 6.43. The molecule has 21 heavy (non-hydrogen) atoms. The van der Waals surface area contributed by atoms with Crippen LogP contribution in [0.3, 0.4) is 0 Å². The van der Waals surface area contributed by atoms with Crippen molar-refractivity contribution in [2.24, 2.45) is 11.8 Å². The van der Waals surface area contributed by atoms with Crippen molar-refractivity contribution in [3.8, 4) is 0 Å². The van der Waals surface area contributed by atoms with Crippen molar-refractivity contribution in [1.29, 1.82) is 0 Å². The third-order valence-corrected chi connectivity index (χ3v) is 5.54. The minimum atomic E-state index is -0.821. The van der Waals surface area contributed by atoms with E-state index in [0.29, 0.717) is 20.0 Å². The molecule has 0 spiro atoms. The van der Waals surface area contributed by atoms with Crippen molar-refractivity contribution < 1.29 is 14.5 Å². The first kappa shape index (κ1) is 16.5. The molecule has 0 aliphatic heterocycles. The summed E-state index contributed by atoms with van der Waals surface area (Å²) in [5.74, 6) is -1.19. The second-order valence-electron chi connectivity index (χ2n) is 5.35. The number of nitrogens with zero attached hydrogens (tertiary/aromatic N) is 1. The topological polar surface area (TPSA) is 77.3 Å². The fraction of sp³-hybridized carbons (Fsp3) is 0.429. The molecule has 1 aliphatic carbocycles. The van der Waals surface area contributed by atoms with Crippen LogP contribution in [0.4, 0.5) is 5.69 Å². The number of nitro benzene ring substituents is 1. The highest BCUT2D eigenvalue weighted by molar-refractivity contribution is 14.1. The lowest BCUT2D eigenvalue weighted by Crippen LogP contribution is -2.37. The summed E-state index contributed by atoms with van der Waals surface area (Å²) in [6, 6.07) is 2.74. The Kier molecular flexibility index (Phi) is 4.82. The molecule has 0 saturated heterocycles. The fourth-order valence-corrected chi connectivity index (χ4v) is 4.54. The number of hydrogen-bond acceptors (Lipinski definition) is 4. The first-order chi connectivity index (χ1) is 9.73. The van der Waals surface area contributed by atoms with Gasteiger partial charge in [0, 0.05) is 32.5 Å². The van der Waals surface area contributed by atoms with Crippen LogP contribution in [0.5, 0.6) is 0 Å². The number of non-ortho nitro benzene ring substituents is 1. The Bertz CT molecular complexity index is 623. The van der Waals surface area contributed by atoms with Gasteiger partial charge in [-0.05, 0) is 34.1 Å². The van der Waals surface area contributed by atoms with Gasteiger partial charge in [-0.1, -0.05) is 29.8 Å². The summed E-state index contributed by atoms with van der Waals surface area (Å²) in [5.41, 5.74) is 0.488. The molecule has 5 nitrogen and oxygen atoms in total. The Balaban J connectivity index is 2.53. The van der Waals surface area contributed by atoms with E-state index in [2.05, 4.69) is 15.9 Å². The molecule has 112 valence electrons. The maximum absolute atomic E-state index is 12.5. The van der Waals surface area contributed by atoms with E-state index in [1.807, 2.05) is 36.4 Å². The Hall–Kier alpha value is -0.830. The summed E-state index contributed by atoms with van der Waals surface area (Å²) in [7, 11) is 0. The number of rotatable bonds is 2. The van der Waals surface area contributed by atoms with E-state index in [9.17, 15) is 19.7 Å². The van der Waals surface area contributed by atoms with Crippen LogP contribution in [0.15, 0.2) is 16.6 Å². The molecule has 0 amide bonds. The zero-order valence-electron chi connectivity index (χ0n) is 11.4. The van der Waals surface area contributed by atoms with E-state index in [1.165, 1.54) is 12.1 Å². The molecular weight excluding hydrogens is 453 g/mol. The van der Waals surface area contributed by atoms with E-state index in [-0.39, 0.29) is 29.1 Å². The largest absolute Gasteiger partial charge is 0.299 e. The lowest BCUT2D eigenvalue weighted by molar-refractivity contribution is -0.385. The maximum Gasteiger partial charge on any atom is 0.271 e. The van der Waals surface area contributed by atoms with Gasteiger partial charge < -0.3 is 0 Å². The number of ketones is 2. The van der Waals surface area contributed by atoms with Crippen molar-refractivity contribution in [1.82, 2.24) is 0 Å². The van der Waals surface area contributed by atoms with E-state index >= 15 is 0 Å². The Labute approximate surface area is 143 Å². The molecule has 0 heterocycles. The molecule has 0 N–H and O–H groups in total. The number of carbonyl (C=O) groups is 2. The average molecular weight is 466 g/mol. The van der Waals surface area contributed by atoms with Gasteiger partial charge in [-0.25, -0.2) is 0 Å². The molecule has 1 aromatic carbocycles. The number of carbonyl (C=O) groups excluding carboxylic acids is 2. The van der Waals surface area contributed by atoms with Gasteiger partial charge in [0.1, 0.15) is 11.7 Å². The fourth-order valence-electron chi connectivity index (χ4n) is 2.57. The molecule has 1 saturated carbocycles. The second-order valence-corrected chi connectivity index (χ2v) is 7.37. The van der Waals surface area contributed by atoms with Crippen LogP contribution in [0.1, 0.15) is 31.7 Å². The van der Waals surface area contributed by atoms with Gasteiger partial charge in [-0.15, -0.1) is 0 Å². The van der Waals surface area contributed by atoms with Gasteiger partial charge in [-0.2, -0.15) is 0 Å². The molecule has 1 aromatic rings. The van der Waals surface area contributed by atoms with E-state index in [4.69, 9.17) is 0 Å². The summed E-state index contributed by atoms with van der Waals surface area (Å²) < 4.78 is 0.997. The molecule has 3 unspecified atom stereocenters. The third-order valence-electron chi connectivity index (χ3n) is 4.00. The van der Waals surface area contributed by atoms with Crippen molar-refractivity contribution in [2.75, 3.05) is 0 Å². The Morgan fingerprint density at radius 3 is 2.48 bits per heavy atom. The Morgan fingerprint density at radius 2 is 1.95 bits per heavy atom. The first-order valence-corrected chi connectivity index (χ1v) is 8.31. The molecule has 0 bridgehead atoms. The molecule has 2 rings (SSSR count).